The highest BCUT2D eigenvalue weighted by Gasteiger charge is 2.57. The molecule has 1 aromatic carbocycles. The van der Waals surface area contributed by atoms with Gasteiger partial charge in [-0.1, -0.05) is 17.7 Å². The molecule has 28 heavy (non-hydrogen) atoms. The molecule has 10 heteroatoms. The molecule has 1 atom stereocenters. The van der Waals surface area contributed by atoms with Crippen molar-refractivity contribution < 1.29 is 9.72 Å². The Balaban J connectivity index is 1.42. The minimum absolute atomic E-state index is 0.0387. The Morgan fingerprint density at radius 1 is 1.32 bits per heavy atom. The molecule has 1 aromatic heterocycles. The smallest absolute Gasteiger partial charge is 0.288 e. The van der Waals surface area contributed by atoms with Crippen LogP contribution in [0.5, 0.6) is 0 Å². The van der Waals surface area contributed by atoms with Crippen LogP contribution in [-0.2, 0) is 4.79 Å². The van der Waals surface area contributed by atoms with Crippen molar-refractivity contribution in [3.05, 3.63) is 43.7 Å². The molecule has 1 saturated heterocycles. The Morgan fingerprint density at radius 3 is 2.61 bits per heavy atom. The van der Waals surface area contributed by atoms with E-state index in [0.717, 1.165) is 17.8 Å². The van der Waals surface area contributed by atoms with Crippen molar-refractivity contribution in [3.8, 4) is 11.3 Å². The number of benzene rings is 1. The molecule has 148 valence electrons. The average molecular weight is 461 g/mol. The minimum atomic E-state index is -0.890. The molecule has 2 aliphatic rings. The predicted octanol–water partition coefficient (Wildman–Crippen LogP) is 5.27. The highest BCUT2D eigenvalue weighted by atomic mass is 35.5. The first-order valence-electron chi connectivity index (χ1n) is 8.82. The van der Waals surface area contributed by atoms with Crippen LogP contribution < -0.4 is 0 Å². The number of thiazole rings is 1. The number of halogens is 3. The van der Waals surface area contributed by atoms with Crippen molar-refractivity contribution in [2.75, 3.05) is 13.1 Å². The van der Waals surface area contributed by atoms with Crippen molar-refractivity contribution in [1.82, 2.24) is 9.88 Å². The first kappa shape index (κ1) is 19.9. The highest BCUT2D eigenvalue weighted by molar-refractivity contribution is 7.10. The first-order chi connectivity index (χ1) is 13.3. The SMILES string of the molecule is O=C(C1CC1(Cl)Cl)N1CCC(c2nc(-c3ccc(Cl)c([N+](=O)[O-])c3)cs2)CC1. The molecule has 0 spiro atoms. The van der Waals surface area contributed by atoms with Gasteiger partial charge in [0.1, 0.15) is 9.36 Å². The number of likely N-dealkylation sites (tertiary alicyclic amines) is 1. The Labute approximate surface area is 180 Å². The minimum Gasteiger partial charge on any atom is -0.342 e. The van der Waals surface area contributed by atoms with Crippen molar-refractivity contribution in [2.45, 2.75) is 29.5 Å². The van der Waals surface area contributed by atoms with Crippen LogP contribution in [0, 0.1) is 16.0 Å². The van der Waals surface area contributed by atoms with Crippen LogP contribution in [0.3, 0.4) is 0 Å². The second-order valence-corrected chi connectivity index (χ2v) is 9.95. The molecule has 1 aliphatic carbocycles. The lowest BCUT2D eigenvalue weighted by molar-refractivity contribution is -0.384. The third-order valence-corrected chi connectivity index (χ3v) is 7.40. The van der Waals surface area contributed by atoms with Gasteiger partial charge in [-0.25, -0.2) is 4.98 Å². The Morgan fingerprint density at radius 2 is 2.00 bits per heavy atom. The zero-order chi connectivity index (χ0) is 20.1. The molecule has 4 rings (SSSR count). The van der Waals surface area contributed by atoms with Crippen molar-refractivity contribution in [3.63, 3.8) is 0 Å². The van der Waals surface area contributed by atoms with Crippen LogP contribution in [0.15, 0.2) is 23.6 Å². The van der Waals surface area contributed by atoms with Crippen LogP contribution in [0.4, 0.5) is 5.69 Å². The summed E-state index contributed by atoms with van der Waals surface area (Å²) in [5.74, 6) is 0.0253. The fraction of sp³-hybridized carbons (Fsp3) is 0.444. The fourth-order valence-corrected chi connectivity index (χ4v) is 5.15. The van der Waals surface area contributed by atoms with Gasteiger partial charge in [0.2, 0.25) is 5.91 Å². The van der Waals surface area contributed by atoms with Gasteiger partial charge in [0, 0.05) is 36.0 Å². The highest BCUT2D eigenvalue weighted by Crippen LogP contribution is 2.54. The summed E-state index contributed by atoms with van der Waals surface area (Å²) in [5, 5.41) is 14.1. The topological polar surface area (TPSA) is 76.3 Å². The largest absolute Gasteiger partial charge is 0.342 e. The monoisotopic (exact) mass is 459 g/mol. The third-order valence-electron chi connectivity index (χ3n) is 5.24. The lowest BCUT2D eigenvalue weighted by Gasteiger charge is -2.31. The van der Waals surface area contributed by atoms with Gasteiger partial charge >= 0.3 is 0 Å². The standard InChI is InChI=1S/C18H16Cl3N3O3S/c19-13-2-1-11(7-15(13)24(26)27)14-9-28-16(22-14)10-3-5-23(6-4-10)17(25)12-8-18(12,20)21/h1-2,7,9-10,12H,3-6,8H2. The summed E-state index contributed by atoms with van der Waals surface area (Å²) in [4.78, 5) is 29.5. The number of hydrogen-bond donors (Lipinski definition) is 0. The van der Waals surface area contributed by atoms with E-state index in [9.17, 15) is 14.9 Å². The fourth-order valence-electron chi connectivity index (χ4n) is 3.47. The molecule has 0 radical (unpaired) electrons. The summed E-state index contributed by atoms with van der Waals surface area (Å²) in [7, 11) is 0. The molecule has 6 nitrogen and oxygen atoms in total. The molecular formula is C18H16Cl3N3O3S. The lowest BCUT2D eigenvalue weighted by atomic mass is 9.97. The molecule has 2 heterocycles. The van der Waals surface area contributed by atoms with Gasteiger partial charge in [-0.3, -0.25) is 14.9 Å². The Bertz CT molecular complexity index is 941. The van der Waals surface area contributed by atoms with Gasteiger partial charge < -0.3 is 4.90 Å². The quantitative estimate of drug-likeness (QED) is 0.354. The molecule has 2 aromatic rings. The number of nitro groups is 1. The van der Waals surface area contributed by atoms with Crippen LogP contribution in [0.25, 0.3) is 11.3 Å². The van der Waals surface area contributed by atoms with E-state index in [1.165, 1.54) is 23.5 Å². The maximum absolute atomic E-state index is 12.4. The van der Waals surface area contributed by atoms with E-state index >= 15 is 0 Å². The number of carbonyl (C=O) groups is 1. The Kier molecular flexibility index (Phi) is 5.29. The summed E-state index contributed by atoms with van der Waals surface area (Å²) in [5.41, 5.74) is 1.24. The number of hydrogen-bond acceptors (Lipinski definition) is 5. The second-order valence-electron chi connectivity index (χ2n) is 7.11. The summed E-state index contributed by atoms with van der Waals surface area (Å²) >= 11 is 19.4. The van der Waals surface area contributed by atoms with Gasteiger partial charge in [0.25, 0.3) is 5.69 Å². The lowest BCUT2D eigenvalue weighted by Crippen LogP contribution is -2.39. The number of rotatable bonds is 4. The van der Waals surface area contributed by atoms with E-state index in [1.54, 1.807) is 6.07 Å². The van der Waals surface area contributed by atoms with E-state index in [0.29, 0.717) is 30.8 Å². The number of alkyl halides is 2. The van der Waals surface area contributed by atoms with E-state index in [-0.39, 0.29) is 28.5 Å². The summed E-state index contributed by atoms with van der Waals surface area (Å²) in [6.45, 7) is 1.32. The molecule has 0 bridgehead atoms. The average Bonchev–Trinajstić information content (AvgIpc) is 3.07. The van der Waals surface area contributed by atoms with Crippen molar-refractivity contribution in [2.24, 2.45) is 5.92 Å². The van der Waals surface area contributed by atoms with E-state index in [2.05, 4.69) is 4.98 Å². The Hall–Kier alpha value is -1.41. The van der Waals surface area contributed by atoms with E-state index in [4.69, 9.17) is 34.8 Å². The number of nitro benzene ring substituents is 1. The van der Waals surface area contributed by atoms with Crippen molar-refractivity contribution >= 4 is 57.7 Å². The number of aromatic nitrogens is 1. The summed E-state index contributed by atoms with van der Waals surface area (Å²) in [6.07, 6.45) is 2.17. The number of amides is 1. The molecule has 0 N–H and O–H groups in total. The molecule has 2 fully saturated rings. The number of piperidine rings is 1. The van der Waals surface area contributed by atoms with Crippen LogP contribution >= 0.6 is 46.1 Å². The van der Waals surface area contributed by atoms with Crippen molar-refractivity contribution in [1.29, 1.82) is 0 Å². The normalized spacial score (nSPS) is 21.5. The molecule has 1 aliphatic heterocycles. The number of nitrogens with zero attached hydrogens (tertiary/aromatic N) is 3. The second kappa shape index (κ2) is 7.44. The molecule has 1 amide bonds. The summed E-state index contributed by atoms with van der Waals surface area (Å²) in [6, 6.07) is 4.70. The van der Waals surface area contributed by atoms with Gasteiger partial charge in [-0.15, -0.1) is 34.5 Å². The third kappa shape index (κ3) is 3.85. The van der Waals surface area contributed by atoms with Gasteiger partial charge in [0.05, 0.1) is 21.5 Å². The van der Waals surface area contributed by atoms with E-state index < -0.39 is 9.26 Å². The number of carbonyl (C=O) groups excluding carboxylic acids is 1. The molecule has 1 unspecified atom stereocenters. The first-order valence-corrected chi connectivity index (χ1v) is 10.8. The van der Waals surface area contributed by atoms with E-state index in [1.807, 2.05) is 10.3 Å². The van der Waals surface area contributed by atoms with Crippen LogP contribution in [0.2, 0.25) is 5.02 Å². The maximum Gasteiger partial charge on any atom is 0.288 e. The van der Waals surface area contributed by atoms with Gasteiger partial charge in [-0.2, -0.15) is 0 Å². The van der Waals surface area contributed by atoms with Gasteiger partial charge in [0.15, 0.2) is 0 Å². The maximum atomic E-state index is 12.4. The van der Waals surface area contributed by atoms with Gasteiger partial charge in [-0.05, 0) is 25.3 Å². The van der Waals surface area contributed by atoms with Crippen LogP contribution in [-0.4, -0.2) is 38.1 Å². The molecular weight excluding hydrogens is 445 g/mol. The van der Waals surface area contributed by atoms with Crippen LogP contribution in [0.1, 0.15) is 30.2 Å². The zero-order valence-electron chi connectivity index (χ0n) is 14.6. The molecule has 1 saturated carbocycles. The predicted molar refractivity (Wildman–Crippen MR) is 110 cm³/mol. The zero-order valence-corrected chi connectivity index (χ0v) is 17.7. The summed E-state index contributed by atoms with van der Waals surface area (Å²) < 4.78 is -0.890.